The van der Waals surface area contributed by atoms with Crippen LogP contribution in [0.1, 0.15) is 31.7 Å². The highest BCUT2D eigenvalue weighted by molar-refractivity contribution is 5.99. The van der Waals surface area contributed by atoms with Gasteiger partial charge in [0.2, 0.25) is 5.96 Å². The largest absolute Gasteiger partial charge is 0.497 e. The van der Waals surface area contributed by atoms with Gasteiger partial charge in [-0.15, -0.1) is 0 Å². The number of hydrazone groups is 1. The maximum atomic E-state index is 7.94. The van der Waals surface area contributed by atoms with Crippen LogP contribution in [-0.2, 0) is 0 Å². The van der Waals surface area contributed by atoms with Gasteiger partial charge in [0.25, 0.3) is 0 Å². The molecule has 0 amide bonds. The fraction of sp³-hybridized carbons (Fsp3) is 0.375. The third-order valence-corrected chi connectivity index (χ3v) is 3.22. The van der Waals surface area contributed by atoms with Crippen LogP contribution in [0.15, 0.2) is 29.5 Å². The molecule has 1 aromatic carbocycles. The van der Waals surface area contributed by atoms with Gasteiger partial charge >= 0.3 is 0 Å². The first-order valence-corrected chi connectivity index (χ1v) is 7.31. The van der Waals surface area contributed by atoms with Crippen LogP contribution in [0.5, 0.6) is 5.75 Å². The summed E-state index contributed by atoms with van der Waals surface area (Å²) in [7, 11) is 1.57. The van der Waals surface area contributed by atoms with Crippen molar-refractivity contribution < 1.29 is 10.4 Å². The molecule has 4 N–H and O–H groups in total. The van der Waals surface area contributed by atoms with Crippen LogP contribution in [0.4, 0.5) is 0 Å². The van der Waals surface area contributed by atoms with E-state index in [0.717, 1.165) is 30.0 Å². The van der Waals surface area contributed by atoms with Crippen LogP contribution in [0.2, 0.25) is 5.65 Å². The lowest BCUT2D eigenvalue weighted by Crippen LogP contribution is -2.33. The van der Waals surface area contributed by atoms with Crippen LogP contribution in [0.3, 0.4) is 0 Å². The van der Waals surface area contributed by atoms with Crippen molar-refractivity contribution in [2.45, 2.75) is 26.2 Å². The molecule has 0 spiro atoms. The van der Waals surface area contributed by atoms with E-state index in [0.29, 0.717) is 28.8 Å². The van der Waals surface area contributed by atoms with Gasteiger partial charge in [0.05, 0.1) is 13.3 Å². The van der Waals surface area contributed by atoms with Crippen molar-refractivity contribution in [1.82, 2.24) is 15.7 Å². The van der Waals surface area contributed by atoms with Gasteiger partial charge < -0.3 is 15.0 Å². The van der Waals surface area contributed by atoms with Gasteiger partial charge in [0.1, 0.15) is 5.75 Å². The first-order valence-electron chi connectivity index (χ1n) is 9.10. The zero-order valence-electron chi connectivity index (χ0n) is 16.9. The molecular formula is C16H23N5O. The number of ether oxygens (including phenoxy) is 1. The number of rotatable bonds is 7. The molecule has 0 atom stereocenters. The highest BCUT2D eigenvalue weighted by atomic mass is 16.5. The monoisotopic (exact) mass is 305 g/mol. The Morgan fingerprint density at radius 2 is 2.50 bits per heavy atom. The lowest BCUT2D eigenvalue weighted by molar-refractivity contribution is 0.415. The Balaban J connectivity index is 2.18. The third kappa shape index (κ3) is 4.25. The maximum Gasteiger partial charge on any atom is 0.209 e. The van der Waals surface area contributed by atoms with Crippen molar-refractivity contribution in [1.29, 1.82) is 5.40 Å². The summed E-state index contributed by atoms with van der Waals surface area (Å²) in [6.07, 6.45) is 5.74. The molecule has 0 radical (unpaired) electrons. The van der Waals surface area contributed by atoms with E-state index in [1.807, 2.05) is 0 Å². The van der Waals surface area contributed by atoms with Gasteiger partial charge in [-0.2, -0.15) is 5.10 Å². The van der Waals surface area contributed by atoms with Crippen molar-refractivity contribution in [3.63, 3.8) is 0 Å². The number of benzene rings is 1. The second-order valence-electron chi connectivity index (χ2n) is 4.83. The number of hydrogen-bond acceptors (Lipinski definition) is 3. The zero-order valence-corrected chi connectivity index (χ0v) is 12.9. The van der Waals surface area contributed by atoms with E-state index >= 15 is 0 Å². The van der Waals surface area contributed by atoms with E-state index in [2.05, 4.69) is 17.4 Å². The Morgan fingerprint density at radius 1 is 1.59 bits per heavy atom. The van der Waals surface area contributed by atoms with Crippen molar-refractivity contribution in [2.24, 2.45) is 5.10 Å². The first-order chi connectivity index (χ1) is 12.5. The zero-order chi connectivity index (χ0) is 19.1. The maximum absolute atomic E-state index is 7.94. The van der Waals surface area contributed by atoms with Crippen molar-refractivity contribution >= 4 is 23.1 Å². The minimum Gasteiger partial charge on any atom is -0.497 e. The molecule has 6 nitrogen and oxygen atoms in total. The second kappa shape index (κ2) is 8.07. The van der Waals surface area contributed by atoms with Crippen LogP contribution in [0, 0.1) is 5.40 Å². The lowest BCUT2D eigenvalue weighted by Gasteiger charge is -2.05. The predicted octanol–water partition coefficient (Wildman–Crippen LogP) is 2.81. The van der Waals surface area contributed by atoms with E-state index in [1.54, 1.807) is 31.5 Å². The Labute approximate surface area is 136 Å². The number of aromatic nitrogens is 1. The minimum absolute atomic E-state index is 0.190. The summed E-state index contributed by atoms with van der Waals surface area (Å²) in [4.78, 5) is 1.21. The predicted molar refractivity (Wildman–Crippen MR) is 90.8 cm³/mol. The average molecular weight is 305 g/mol. The average Bonchev–Trinajstić information content (AvgIpc) is 2.96. The Kier molecular flexibility index (Phi) is 4.08. The van der Waals surface area contributed by atoms with Gasteiger partial charge in [-0.25, -0.2) is 5.42 Å². The van der Waals surface area contributed by atoms with Gasteiger partial charge in [0, 0.05) is 29.2 Å². The highest BCUT2D eigenvalue weighted by Gasteiger charge is 2.03. The van der Waals surface area contributed by atoms with Gasteiger partial charge in [-0.1, -0.05) is 19.8 Å². The Hall–Kier alpha value is -2.50. The Morgan fingerprint density at radius 3 is 3.27 bits per heavy atom. The van der Waals surface area contributed by atoms with Crippen molar-refractivity contribution in [3.8, 4) is 5.75 Å². The van der Waals surface area contributed by atoms with Gasteiger partial charge in [-0.3, -0.25) is 5.40 Å². The van der Waals surface area contributed by atoms with E-state index in [9.17, 15) is 0 Å². The molecule has 118 valence electrons. The first kappa shape index (κ1) is 11.1. The van der Waals surface area contributed by atoms with Crippen molar-refractivity contribution in [2.75, 3.05) is 13.7 Å². The number of hydrogen-bond donors (Lipinski definition) is 4. The molecule has 0 saturated heterocycles. The molecule has 2 aromatic rings. The molecule has 1 aromatic heterocycles. The van der Waals surface area contributed by atoms with Crippen LogP contribution < -0.4 is 15.5 Å². The number of guanidine groups is 1. The summed E-state index contributed by atoms with van der Waals surface area (Å²) in [6.45, 7) is 2.44. The summed E-state index contributed by atoms with van der Waals surface area (Å²) in [6, 6.07) is 5.33. The molecule has 0 aliphatic heterocycles. The fourth-order valence-corrected chi connectivity index (χ4v) is 2.01. The standard InChI is InChI=1S/C16H23N5O/c1-3-4-5-8-18-16(17)21-20-11-12-10-19-15-7-6-13(22-2)9-14(12)15/h6-7,9-11,19H,3-5,8H2,1-2H3,(H3,17,18,21)/b20-11+/i/hD4. The lowest BCUT2D eigenvalue weighted by atomic mass is 10.2. The summed E-state index contributed by atoms with van der Waals surface area (Å²) in [5.74, 6) is 0.465. The summed E-state index contributed by atoms with van der Waals surface area (Å²) < 4.78 is 36.2. The number of H-pyrrole nitrogens is 1. The molecule has 0 aliphatic carbocycles. The summed E-state index contributed by atoms with van der Waals surface area (Å²) in [5, 5.41) is 8.95. The van der Waals surface area contributed by atoms with Crippen LogP contribution in [-0.4, -0.2) is 30.8 Å². The molecule has 0 bridgehead atoms. The second-order valence-corrected chi connectivity index (χ2v) is 4.83. The van der Waals surface area contributed by atoms with Gasteiger partial charge in [-0.05, 0) is 24.6 Å². The summed E-state index contributed by atoms with van der Waals surface area (Å²) >= 11 is 0. The van der Waals surface area contributed by atoms with E-state index in [1.165, 1.54) is 11.2 Å². The molecule has 2 rings (SSSR count). The number of methoxy groups -OCH3 is 1. The quantitative estimate of drug-likeness (QED) is 0.275. The molecule has 22 heavy (non-hydrogen) atoms. The third-order valence-electron chi connectivity index (χ3n) is 3.22. The number of nitrogens with one attached hydrogen (secondary N) is 4. The molecule has 0 aliphatic rings. The smallest absolute Gasteiger partial charge is 0.209 e. The summed E-state index contributed by atoms with van der Waals surface area (Å²) in [5.41, 5.74) is 1.94. The normalized spacial score (nSPS) is 14.5. The number of nitrogens with zero attached hydrogens (tertiary/aromatic N) is 1. The molecule has 0 saturated carbocycles. The highest BCUT2D eigenvalue weighted by Crippen LogP contribution is 2.22. The molecular weight excluding hydrogens is 278 g/mol. The van der Waals surface area contributed by atoms with Crippen LogP contribution >= 0.6 is 0 Å². The number of aromatic amines is 1. The molecule has 0 unspecified atom stereocenters. The fourth-order valence-electron chi connectivity index (χ4n) is 2.01. The Bertz CT molecular complexity index is 792. The SMILES string of the molecule is [2H]N=C(N([2H])CCCCC)N([2H])/N=C/c1cn([2H])c2ccc(OC)cc12. The molecule has 0 fully saturated rings. The van der Waals surface area contributed by atoms with E-state index < -0.39 is 0 Å². The van der Waals surface area contributed by atoms with Gasteiger partial charge in [0.15, 0.2) is 5.65 Å². The number of fused-ring (bicyclic) bond motifs is 1. The molecule has 1 heterocycles. The minimum atomic E-state index is -0.190. The van der Waals surface area contributed by atoms with E-state index in [4.69, 9.17) is 10.4 Å². The molecule has 6 heteroatoms. The topological polar surface area (TPSA) is 85.3 Å². The number of unbranched alkanes of at least 4 members (excludes halogenated alkanes) is 2. The van der Waals surface area contributed by atoms with Crippen molar-refractivity contribution in [3.05, 3.63) is 30.0 Å². The van der Waals surface area contributed by atoms with Crippen LogP contribution in [0.25, 0.3) is 10.9 Å². The van der Waals surface area contributed by atoms with E-state index in [-0.39, 0.29) is 5.96 Å².